The van der Waals surface area contributed by atoms with E-state index in [-0.39, 0.29) is 11.9 Å². The van der Waals surface area contributed by atoms with E-state index in [2.05, 4.69) is 10.3 Å². The van der Waals surface area contributed by atoms with Crippen LogP contribution in [0.15, 0.2) is 42.6 Å². The summed E-state index contributed by atoms with van der Waals surface area (Å²) < 4.78 is 13.7. The molecule has 0 spiro atoms. The van der Waals surface area contributed by atoms with E-state index in [4.69, 9.17) is 5.26 Å². The van der Waals surface area contributed by atoms with Crippen molar-refractivity contribution in [3.05, 3.63) is 65.2 Å². The van der Waals surface area contributed by atoms with Crippen LogP contribution in [-0.4, -0.2) is 4.98 Å². The molecule has 2 aromatic rings. The van der Waals surface area contributed by atoms with Gasteiger partial charge in [0.05, 0.1) is 17.3 Å². The second-order valence-electron chi connectivity index (χ2n) is 4.28. The van der Waals surface area contributed by atoms with Crippen LogP contribution in [0.3, 0.4) is 0 Å². The summed E-state index contributed by atoms with van der Waals surface area (Å²) >= 11 is 0. The first-order chi connectivity index (χ1) is 9.20. The minimum absolute atomic E-state index is 0.0382. The smallest absolute Gasteiger partial charge is 0.129 e. The number of aromatic nitrogens is 1. The maximum Gasteiger partial charge on any atom is 0.129 e. The Kier molecular flexibility index (Phi) is 4.22. The Labute approximate surface area is 111 Å². The summed E-state index contributed by atoms with van der Waals surface area (Å²) in [6.45, 7) is 2.37. The molecule has 1 aromatic carbocycles. The largest absolute Gasteiger partial charge is 0.305 e. The number of pyridine rings is 1. The van der Waals surface area contributed by atoms with Crippen molar-refractivity contribution < 1.29 is 4.39 Å². The number of nitrogens with zero attached hydrogens (tertiary/aromatic N) is 2. The fraction of sp³-hybridized carbons (Fsp3) is 0.200. The first-order valence-electron chi connectivity index (χ1n) is 6.03. The zero-order valence-corrected chi connectivity index (χ0v) is 10.6. The molecule has 1 atom stereocenters. The molecule has 0 amide bonds. The Hall–Kier alpha value is -2.25. The molecule has 3 nitrogen and oxygen atoms in total. The summed E-state index contributed by atoms with van der Waals surface area (Å²) in [7, 11) is 0. The molecule has 0 bridgehead atoms. The molecular formula is C15H14FN3. The van der Waals surface area contributed by atoms with Crippen LogP contribution >= 0.6 is 0 Å². The molecule has 0 aliphatic rings. The molecule has 0 aliphatic heterocycles. The van der Waals surface area contributed by atoms with Gasteiger partial charge >= 0.3 is 0 Å². The maximum absolute atomic E-state index is 13.7. The molecule has 1 unspecified atom stereocenters. The summed E-state index contributed by atoms with van der Waals surface area (Å²) in [4.78, 5) is 4.24. The molecule has 19 heavy (non-hydrogen) atoms. The summed E-state index contributed by atoms with van der Waals surface area (Å²) in [5.41, 5.74) is 1.79. The lowest BCUT2D eigenvalue weighted by Gasteiger charge is -2.13. The fourth-order valence-electron chi connectivity index (χ4n) is 1.76. The van der Waals surface area contributed by atoms with E-state index in [0.29, 0.717) is 17.7 Å². The number of hydrogen-bond acceptors (Lipinski definition) is 3. The lowest BCUT2D eigenvalue weighted by atomic mass is 10.1. The Morgan fingerprint density at radius 3 is 2.84 bits per heavy atom. The third-order valence-corrected chi connectivity index (χ3v) is 2.91. The second-order valence-corrected chi connectivity index (χ2v) is 4.28. The summed E-state index contributed by atoms with van der Waals surface area (Å²) in [5.74, 6) is -0.361. The van der Waals surface area contributed by atoms with Crippen LogP contribution in [0.4, 0.5) is 4.39 Å². The van der Waals surface area contributed by atoms with Gasteiger partial charge in [-0.1, -0.05) is 12.1 Å². The average Bonchev–Trinajstić information content (AvgIpc) is 2.46. The third kappa shape index (κ3) is 3.36. The summed E-state index contributed by atoms with van der Waals surface area (Å²) in [6, 6.07) is 12.2. The SMILES string of the molecule is CC(NCc1ccc(C#N)cc1F)c1ccccn1. The minimum Gasteiger partial charge on any atom is -0.305 e. The first-order valence-corrected chi connectivity index (χ1v) is 6.03. The Morgan fingerprint density at radius 1 is 1.37 bits per heavy atom. The highest BCUT2D eigenvalue weighted by Crippen LogP contribution is 2.13. The number of halogens is 1. The Bertz CT molecular complexity index is 590. The van der Waals surface area contributed by atoms with Crippen molar-refractivity contribution in [2.45, 2.75) is 19.5 Å². The number of benzene rings is 1. The standard InChI is InChI=1S/C15H14FN3/c1-11(15-4-2-3-7-18-15)19-10-13-6-5-12(9-17)8-14(13)16/h2-8,11,19H,10H2,1H3. The molecule has 1 aromatic heterocycles. The lowest BCUT2D eigenvalue weighted by molar-refractivity contribution is 0.536. The van der Waals surface area contributed by atoms with Crippen molar-refractivity contribution in [1.29, 1.82) is 5.26 Å². The quantitative estimate of drug-likeness (QED) is 0.913. The lowest BCUT2D eigenvalue weighted by Crippen LogP contribution is -2.19. The van der Waals surface area contributed by atoms with Gasteiger partial charge in [0.1, 0.15) is 5.82 Å². The zero-order chi connectivity index (χ0) is 13.7. The van der Waals surface area contributed by atoms with Crippen molar-refractivity contribution in [1.82, 2.24) is 10.3 Å². The van der Waals surface area contributed by atoms with Crippen molar-refractivity contribution in [2.75, 3.05) is 0 Å². The highest BCUT2D eigenvalue weighted by molar-refractivity contribution is 5.32. The minimum atomic E-state index is -0.361. The van der Waals surface area contributed by atoms with Crippen molar-refractivity contribution >= 4 is 0 Å². The van der Waals surface area contributed by atoms with Gasteiger partial charge in [0.2, 0.25) is 0 Å². The van der Waals surface area contributed by atoms with Gasteiger partial charge in [0.15, 0.2) is 0 Å². The molecule has 0 aliphatic carbocycles. The van der Waals surface area contributed by atoms with Crippen LogP contribution in [0.2, 0.25) is 0 Å². The molecule has 2 rings (SSSR count). The molecule has 1 heterocycles. The highest BCUT2D eigenvalue weighted by atomic mass is 19.1. The van der Waals surface area contributed by atoms with Crippen LogP contribution < -0.4 is 5.32 Å². The van der Waals surface area contributed by atoms with E-state index in [1.54, 1.807) is 18.3 Å². The van der Waals surface area contributed by atoms with Crippen LogP contribution in [0.25, 0.3) is 0 Å². The maximum atomic E-state index is 13.7. The van der Waals surface area contributed by atoms with Gasteiger partial charge in [-0.2, -0.15) is 5.26 Å². The fourth-order valence-corrected chi connectivity index (χ4v) is 1.76. The number of hydrogen-bond donors (Lipinski definition) is 1. The normalized spacial score (nSPS) is 11.8. The van der Waals surface area contributed by atoms with Gasteiger partial charge in [0.25, 0.3) is 0 Å². The van der Waals surface area contributed by atoms with E-state index < -0.39 is 0 Å². The third-order valence-electron chi connectivity index (χ3n) is 2.91. The van der Waals surface area contributed by atoms with Gasteiger partial charge in [-0.25, -0.2) is 4.39 Å². The van der Waals surface area contributed by atoms with E-state index in [1.165, 1.54) is 6.07 Å². The molecular weight excluding hydrogens is 241 g/mol. The van der Waals surface area contributed by atoms with Gasteiger partial charge in [-0.15, -0.1) is 0 Å². The summed E-state index contributed by atoms with van der Waals surface area (Å²) in [6.07, 6.45) is 1.73. The molecule has 4 heteroatoms. The summed E-state index contributed by atoms with van der Waals surface area (Å²) in [5, 5.41) is 11.9. The molecule has 0 saturated heterocycles. The van der Waals surface area contributed by atoms with E-state index in [1.807, 2.05) is 31.2 Å². The van der Waals surface area contributed by atoms with Gasteiger partial charge < -0.3 is 5.32 Å². The highest BCUT2D eigenvalue weighted by Gasteiger charge is 2.08. The van der Waals surface area contributed by atoms with Crippen molar-refractivity contribution in [3.8, 4) is 6.07 Å². The van der Waals surface area contributed by atoms with Crippen molar-refractivity contribution in [3.63, 3.8) is 0 Å². The van der Waals surface area contributed by atoms with Crippen molar-refractivity contribution in [2.24, 2.45) is 0 Å². The molecule has 0 saturated carbocycles. The Balaban J connectivity index is 2.01. The topological polar surface area (TPSA) is 48.7 Å². The average molecular weight is 255 g/mol. The van der Waals surface area contributed by atoms with Gasteiger partial charge in [0, 0.05) is 24.3 Å². The molecule has 1 N–H and O–H groups in total. The number of nitriles is 1. The van der Waals surface area contributed by atoms with E-state index in [0.717, 1.165) is 5.69 Å². The van der Waals surface area contributed by atoms with Gasteiger partial charge in [-0.3, -0.25) is 4.98 Å². The molecule has 0 radical (unpaired) electrons. The van der Waals surface area contributed by atoms with Crippen LogP contribution in [0.1, 0.15) is 29.8 Å². The molecule has 0 fully saturated rings. The predicted octanol–water partition coefficient (Wildman–Crippen LogP) is 2.94. The van der Waals surface area contributed by atoms with Gasteiger partial charge in [-0.05, 0) is 31.2 Å². The van der Waals surface area contributed by atoms with Crippen LogP contribution in [0.5, 0.6) is 0 Å². The van der Waals surface area contributed by atoms with E-state index in [9.17, 15) is 4.39 Å². The Morgan fingerprint density at radius 2 is 2.21 bits per heavy atom. The van der Waals surface area contributed by atoms with Crippen LogP contribution in [0, 0.1) is 17.1 Å². The van der Waals surface area contributed by atoms with Crippen LogP contribution in [-0.2, 0) is 6.54 Å². The van der Waals surface area contributed by atoms with E-state index >= 15 is 0 Å². The number of rotatable bonds is 4. The monoisotopic (exact) mass is 255 g/mol. The predicted molar refractivity (Wildman–Crippen MR) is 70.6 cm³/mol. The number of nitrogens with one attached hydrogen (secondary N) is 1. The first kappa shape index (κ1) is 13.2. The zero-order valence-electron chi connectivity index (χ0n) is 10.6. The molecule has 96 valence electrons. The second kappa shape index (κ2) is 6.07.